The van der Waals surface area contributed by atoms with Gasteiger partial charge in [-0.2, -0.15) is 0 Å². The Bertz CT molecular complexity index is 447. The van der Waals surface area contributed by atoms with Crippen LogP contribution in [0.4, 0.5) is 0 Å². The zero-order valence-corrected chi connectivity index (χ0v) is 11.2. The highest BCUT2D eigenvalue weighted by atomic mass is 35.5. The Morgan fingerprint density at radius 1 is 1.50 bits per heavy atom. The molecule has 2 atom stereocenters. The van der Waals surface area contributed by atoms with Crippen molar-refractivity contribution in [3.05, 3.63) is 29.3 Å². The van der Waals surface area contributed by atoms with Crippen molar-refractivity contribution in [1.82, 2.24) is 5.32 Å². The maximum atomic E-state index is 12.0. The Hall–Kier alpha value is -1.22. The summed E-state index contributed by atoms with van der Waals surface area (Å²) in [5.74, 6) is 0.140. The lowest BCUT2D eigenvalue weighted by atomic mass is 10.1. The Labute approximate surface area is 112 Å². The summed E-state index contributed by atoms with van der Waals surface area (Å²) in [6, 6.07) is 5.01. The molecule has 0 spiro atoms. The topological polar surface area (TPSA) is 49.3 Å². The van der Waals surface area contributed by atoms with Gasteiger partial charge in [-0.15, -0.1) is 11.6 Å². The van der Waals surface area contributed by atoms with Gasteiger partial charge >= 0.3 is 0 Å². The molecule has 0 aromatic heterocycles. The first-order valence-corrected chi connectivity index (χ1v) is 6.73. The molecule has 98 valence electrons. The van der Waals surface area contributed by atoms with Crippen molar-refractivity contribution in [1.29, 1.82) is 0 Å². The highest BCUT2D eigenvalue weighted by Gasteiger charge is 2.25. The number of aromatic hydroxyl groups is 1. The lowest BCUT2D eigenvalue weighted by Crippen LogP contribution is -2.31. The van der Waals surface area contributed by atoms with Crippen molar-refractivity contribution in [3.8, 4) is 5.75 Å². The molecule has 1 saturated carbocycles. The van der Waals surface area contributed by atoms with E-state index in [1.165, 1.54) is 0 Å². The predicted octanol–water partition coefficient (Wildman–Crippen LogP) is 2.84. The van der Waals surface area contributed by atoms with Gasteiger partial charge in [-0.05, 0) is 37.8 Å². The van der Waals surface area contributed by atoms with Gasteiger partial charge in [-0.3, -0.25) is 4.79 Å². The minimum atomic E-state index is -0.230. The van der Waals surface area contributed by atoms with Crippen LogP contribution in [-0.2, 0) is 0 Å². The number of phenolic OH excluding ortho intramolecular Hbond substituents is 1. The van der Waals surface area contributed by atoms with Gasteiger partial charge in [0, 0.05) is 11.9 Å². The molecule has 0 bridgehead atoms. The van der Waals surface area contributed by atoms with Crippen LogP contribution in [0.5, 0.6) is 5.75 Å². The van der Waals surface area contributed by atoms with Crippen molar-refractivity contribution in [2.24, 2.45) is 5.92 Å². The first-order valence-electron chi connectivity index (χ1n) is 6.30. The summed E-state index contributed by atoms with van der Waals surface area (Å²) in [5.41, 5.74) is 1.29. The number of hydrogen-bond acceptors (Lipinski definition) is 2. The fourth-order valence-corrected chi connectivity index (χ4v) is 2.74. The van der Waals surface area contributed by atoms with Crippen molar-refractivity contribution in [2.45, 2.75) is 31.6 Å². The van der Waals surface area contributed by atoms with E-state index in [-0.39, 0.29) is 17.0 Å². The lowest BCUT2D eigenvalue weighted by molar-refractivity contribution is 0.0945. The Kier molecular flexibility index (Phi) is 4.12. The molecule has 1 fully saturated rings. The van der Waals surface area contributed by atoms with Crippen LogP contribution in [0, 0.1) is 12.8 Å². The zero-order chi connectivity index (χ0) is 13.1. The van der Waals surface area contributed by atoms with Gasteiger partial charge in [0.2, 0.25) is 0 Å². The third-order valence-corrected chi connectivity index (χ3v) is 4.06. The van der Waals surface area contributed by atoms with Crippen LogP contribution in [0.2, 0.25) is 0 Å². The summed E-state index contributed by atoms with van der Waals surface area (Å²) < 4.78 is 0. The molecule has 1 aromatic carbocycles. The van der Waals surface area contributed by atoms with Crippen LogP contribution < -0.4 is 5.32 Å². The molecule has 2 N–H and O–H groups in total. The highest BCUT2D eigenvalue weighted by molar-refractivity contribution is 6.21. The van der Waals surface area contributed by atoms with E-state index in [1.807, 2.05) is 6.92 Å². The number of hydrogen-bond donors (Lipinski definition) is 2. The Morgan fingerprint density at radius 2 is 2.28 bits per heavy atom. The number of carbonyl (C=O) groups is 1. The predicted molar refractivity (Wildman–Crippen MR) is 72.2 cm³/mol. The molecule has 4 heteroatoms. The van der Waals surface area contributed by atoms with Gasteiger partial charge < -0.3 is 10.4 Å². The van der Waals surface area contributed by atoms with Crippen LogP contribution in [-0.4, -0.2) is 22.9 Å². The number of phenols is 1. The first-order chi connectivity index (χ1) is 8.58. The second-order valence-corrected chi connectivity index (χ2v) is 5.50. The van der Waals surface area contributed by atoms with Crippen molar-refractivity contribution < 1.29 is 9.90 Å². The molecule has 2 rings (SSSR count). The van der Waals surface area contributed by atoms with Gasteiger partial charge in [0.1, 0.15) is 5.75 Å². The van der Waals surface area contributed by atoms with Crippen LogP contribution in [0.1, 0.15) is 35.2 Å². The molecule has 18 heavy (non-hydrogen) atoms. The summed E-state index contributed by atoms with van der Waals surface area (Å²) in [6.07, 6.45) is 3.22. The average Bonchev–Trinajstić information content (AvgIpc) is 2.75. The number of amides is 1. The van der Waals surface area contributed by atoms with Gasteiger partial charge in [-0.25, -0.2) is 0 Å². The van der Waals surface area contributed by atoms with Crippen molar-refractivity contribution >= 4 is 17.5 Å². The van der Waals surface area contributed by atoms with Gasteiger partial charge in [0.15, 0.2) is 0 Å². The number of carbonyl (C=O) groups excluding carboxylic acids is 1. The number of halogens is 1. The maximum absolute atomic E-state index is 12.0. The summed E-state index contributed by atoms with van der Waals surface area (Å²) in [6.45, 7) is 2.47. The van der Waals surface area contributed by atoms with E-state index in [2.05, 4.69) is 5.32 Å². The molecule has 3 nitrogen and oxygen atoms in total. The van der Waals surface area contributed by atoms with Crippen LogP contribution in [0.25, 0.3) is 0 Å². The van der Waals surface area contributed by atoms with Crippen molar-refractivity contribution in [3.63, 3.8) is 0 Å². The molecule has 0 heterocycles. The largest absolute Gasteiger partial charge is 0.507 e. The van der Waals surface area contributed by atoms with E-state index in [1.54, 1.807) is 18.2 Å². The van der Waals surface area contributed by atoms with Crippen LogP contribution >= 0.6 is 11.6 Å². The number of alkyl halides is 1. The molecule has 1 aliphatic carbocycles. The lowest BCUT2D eigenvalue weighted by Gasteiger charge is -2.15. The third kappa shape index (κ3) is 2.96. The second kappa shape index (κ2) is 5.61. The fourth-order valence-electron chi connectivity index (χ4n) is 2.37. The van der Waals surface area contributed by atoms with E-state index >= 15 is 0 Å². The zero-order valence-electron chi connectivity index (χ0n) is 10.4. The number of aryl methyl sites for hydroxylation is 1. The molecule has 1 aliphatic rings. The molecular formula is C14H18ClNO2. The molecule has 1 amide bonds. The van der Waals surface area contributed by atoms with Crippen LogP contribution in [0.15, 0.2) is 18.2 Å². The Morgan fingerprint density at radius 3 is 2.94 bits per heavy atom. The van der Waals surface area contributed by atoms with E-state index < -0.39 is 0 Å². The quantitative estimate of drug-likeness (QED) is 0.828. The van der Waals surface area contributed by atoms with Gasteiger partial charge in [0.05, 0.1) is 5.56 Å². The Balaban J connectivity index is 1.97. The molecule has 2 unspecified atom stereocenters. The van der Waals surface area contributed by atoms with Crippen LogP contribution in [0.3, 0.4) is 0 Å². The van der Waals surface area contributed by atoms with Gasteiger partial charge in [0.25, 0.3) is 5.91 Å². The SMILES string of the molecule is Cc1ccc(O)c(C(=O)NCC2CCCC2Cl)c1. The van der Waals surface area contributed by atoms with E-state index in [9.17, 15) is 9.90 Å². The van der Waals surface area contributed by atoms with E-state index in [0.29, 0.717) is 18.0 Å². The minimum absolute atomic E-state index is 0.0203. The number of nitrogens with one attached hydrogen (secondary N) is 1. The summed E-state index contributed by atoms with van der Waals surface area (Å²) in [4.78, 5) is 12.0. The highest BCUT2D eigenvalue weighted by Crippen LogP contribution is 2.29. The second-order valence-electron chi connectivity index (χ2n) is 4.94. The number of rotatable bonds is 3. The fraction of sp³-hybridized carbons (Fsp3) is 0.500. The summed E-state index contributed by atoms with van der Waals surface area (Å²) >= 11 is 6.16. The van der Waals surface area contributed by atoms with Crippen molar-refractivity contribution in [2.75, 3.05) is 6.54 Å². The number of benzene rings is 1. The molecule has 0 aliphatic heterocycles. The summed E-state index contributed by atoms with van der Waals surface area (Å²) in [5, 5.41) is 12.7. The monoisotopic (exact) mass is 267 g/mol. The molecule has 0 radical (unpaired) electrons. The smallest absolute Gasteiger partial charge is 0.255 e. The maximum Gasteiger partial charge on any atom is 0.255 e. The normalized spacial score (nSPS) is 23.0. The van der Waals surface area contributed by atoms with E-state index in [0.717, 1.165) is 24.8 Å². The summed E-state index contributed by atoms with van der Waals surface area (Å²) in [7, 11) is 0. The molecule has 0 saturated heterocycles. The molecule has 1 aromatic rings. The van der Waals surface area contributed by atoms with E-state index in [4.69, 9.17) is 11.6 Å². The van der Waals surface area contributed by atoms with Gasteiger partial charge in [-0.1, -0.05) is 18.1 Å². The third-order valence-electron chi connectivity index (χ3n) is 3.49. The first kappa shape index (κ1) is 13.2. The standard InChI is InChI=1S/C14H18ClNO2/c1-9-5-6-13(17)11(7-9)14(18)16-8-10-3-2-4-12(10)15/h5-7,10,12,17H,2-4,8H2,1H3,(H,16,18). The molecular weight excluding hydrogens is 250 g/mol. The minimum Gasteiger partial charge on any atom is -0.507 e. The average molecular weight is 268 g/mol.